The minimum atomic E-state index is -1.19. The molecule has 1 aromatic carbocycles. The Morgan fingerprint density at radius 3 is 2.76 bits per heavy atom. The molecule has 0 radical (unpaired) electrons. The molecule has 29 heavy (non-hydrogen) atoms. The molecule has 0 aliphatic rings. The lowest BCUT2D eigenvalue weighted by Crippen LogP contribution is -2.41. The number of carboxylic acids is 1. The van der Waals surface area contributed by atoms with Crippen LogP contribution in [0.25, 0.3) is 0 Å². The van der Waals surface area contributed by atoms with Crippen molar-refractivity contribution in [3.63, 3.8) is 0 Å². The van der Waals surface area contributed by atoms with E-state index >= 15 is 0 Å². The van der Waals surface area contributed by atoms with E-state index in [0.717, 1.165) is 18.2 Å². The summed E-state index contributed by atoms with van der Waals surface area (Å²) in [5.74, 6) is -1.85. The number of carbonyl (C=O) groups is 1. The van der Waals surface area contributed by atoms with Crippen molar-refractivity contribution in [3.8, 4) is 0 Å². The lowest BCUT2D eigenvalue weighted by Gasteiger charge is -2.25. The van der Waals surface area contributed by atoms with Gasteiger partial charge in [0.2, 0.25) is 5.96 Å². The Morgan fingerprint density at radius 2 is 2.14 bits per heavy atom. The predicted molar refractivity (Wildman–Crippen MR) is 112 cm³/mol. The number of hydrogen-bond acceptors (Lipinski definition) is 4. The van der Waals surface area contributed by atoms with Crippen LogP contribution in [-0.4, -0.2) is 34.3 Å². The van der Waals surface area contributed by atoms with Gasteiger partial charge in [-0.15, -0.1) is 10.2 Å². The fraction of sp³-hybridized carbons (Fsp3) is 0.200. The van der Waals surface area contributed by atoms with Gasteiger partial charge < -0.3 is 16.2 Å². The van der Waals surface area contributed by atoms with E-state index in [1.807, 2.05) is 13.8 Å². The second-order valence-corrected chi connectivity index (χ2v) is 7.15. The summed E-state index contributed by atoms with van der Waals surface area (Å²) in [5, 5.41) is 20.3. The molecule has 0 bridgehead atoms. The zero-order valence-electron chi connectivity index (χ0n) is 16.0. The first-order valence-corrected chi connectivity index (χ1v) is 8.95. The van der Waals surface area contributed by atoms with Gasteiger partial charge in [-0.2, -0.15) is 0 Å². The van der Waals surface area contributed by atoms with Gasteiger partial charge in [-0.05, 0) is 36.4 Å². The minimum absolute atomic E-state index is 0.0146. The van der Waals surface area contributed by atoms with Crippen LogP contribution in [0.4, 0.5) is 4.39 Å². The van der Waals surface area contributed by atoms with Gasteiger partial charge in [-0.25, -0.2) is 9.18 Å². The maximum Gasteiger partial charge on any atom is 0.335 e. The maximum absolute atomic E-state index is 14.1. The highest BCUT2D eigenvalue weighted by molar-refractivity contribution is 6.31. The number of carboxylic acid groups (broad SMARTS) is 1. The molecule has 0 saturated carbocycles. The number of halogens is 2. The van der Waals surface area contributed by atoms with E-state index in [0.29, 0.717) is 17.3 Å². The first-order valence-electron chi connectivity index (χ1n) is 8.57. The number of aromatic carboxylic acids is 1. The molecule has 0 saturated heterocycles. The SMILES string of the molecule is C=C/C(=N\N=C(/N)NCC(C)(C)c1ncccc1Cl)c1cc(C(=O)O)ccc1F. The topological polar surface area (TPSA) is 113 Å². The number of aromatic nitrogens is 1. The van der Waals surface area contributed by atoms with Gasteiger partial charge in [0.15, 0.2) is 0 Å². The third-order valence-corrected chi connectivity index (χ3v) is 4.36. The molecular formula is C20H21ClFN5O2. The highest BCUT2D eigenvalue weighted by Crippen LogP contribution is 2.26. The van der Waals surface area contributed by atoms with Crippen LogP contribution in [0.3, 0.4) is 0 Å². The lowest BCUT2D eigenvalue weighted by atomic mass is 9.88. The van der Waals surface area contributed by atoms with Crippen LogP contribution in [0.2, 0.25) is 5.02 Å². The summed E-state index contributed by atoms with van der Waals surface area (Å²) >= 11 is 6.20. The van der Waals surface area contributed by atoms with Gasteiger partial charge in [-0.3, -0.25) is 4.98 Å². The molecule has 0 fully saturated rings. The molecule has 0 atom stereocenters. The lowest BCUT2D eigenvalue weighted by molar-refractivity contribution is 0.0697. The van der Waals surface area contributed by atoms with Gasteiger partial charge >= 0.3 is 5.97 Å². The highest BCUT2D eigenvalue weighted by Gasteiger charge is 2.24. The monoisotopic (exact) mass is 417 g/mol. The summed E-state index contributed by atoms with van der Waals surface area (Å²) in [5.41, 5.74) is 6.01. The van der Waals surface area contributed by atoms with Crippen molar-refractivity contribution >= 4 is 29.2 Å². The van der Waals surface area contributed by atoms with Crippen LogP contribution >= 0.6 is 11.6 Å². The normalized spacial score (nSPS) is 12.6. The Hall–Kier alpha value is -3.26. The zero-order valence-corrected chi connectivity index (χ0v) is 16.7. The van der Waals surface area contributed by atoms with Crippen molar-refractivity contribution < 1.29 is 14.3 Å². The number of pyridine rings is 1. The first kappa shape index (κ1) is 22.0. The molecule has 0 amide bonds. The Bertz CT molecular complexity index is 989. The van der Waals surface area contributed by atoms with Crippen molar-refractivity contribution in [2.45, 2.75) is 19.3 Å². The molecule has 4 N–H and O–H groups in total. The van der Waals surface area contributed by atoms with Crippen molar-refractivity contribution in [2.24, 2.45) is 15.9 Å². The standard InChI is InChI=1S/C20H21ClFN5O2/c1-4-16(13-10-12(18(28)29)7-8-15(13)22)26-27-19(23)25-11-20(2,3)17-14(21)6-5-9-24-17/h4-10H,1,11H2,2-3H3,(H,28,29)(H3,23,25,27)/b26-16+. The molecule has 1 aromatic heterocycles. The molecule has 0 unspecified atom stereocenters. The number of benzene rings is 1. The Labute approximate surface area is 172 Å². The molecule has 152 valence electrons. The van der Waals surface area contributed by atoms with Crippen LogP contribution < -0.4 is 11.1 Å². The predicted octanol–water partition coefficient (Wildman–Crippen LogP) is 3.34. The molecule has 0 aliphatic heterocycles. The van der Waals surface area contributed by atoms with E-state index in [4.69, 9.17) is 22.4 Å². The van der Waals surface area contributed by atoms with E-state index < -0.39 is 17.2 Å². The Morgan fingerprint density at radius 1 is 1.41 bits per heavy atom. The average Bonchev–Trinajstić information content (AvgIpc) is 2.68. The third kappa shape index (κ3) is 5.61. The quantitative estimate of drug-likeness (QED) is 0.363. The van der Waals surface area contributed by atoms with Crippen LogP contribution in [0.15, 0.2) is 59.4 Å². The van der Waals surface area contributed by atoms with Gasteiger partial charge in [0.05, 0.1) is 22.0 Å². The van der Waals surface area contributed by atoms with E-state index in [2.05, 4.69) is 27.1 Å². The van der Waals surface area contributed by atoms with E-state index in [1.165, 1.54) is 6.08 Å². The van der Waals surface area contributed by atoms with E-state index in [1.54, 1.807) is 18.3 Å². The third-order valence-electron chi connectivity index (χ3n) is 4.06. The van der Waals surface area contributed by atoms with Crippen LogP contribution in [0.1, 0.15) is 35.5 Å². The first-order chi connectivity index (χ1) is 13.7. The van der Waals surface area contributed by atoms with Crippen molar-refractivity contribution in [1.82, 2.24) is 10.3 Å². The molecule has 7 nitrogen and oxygen atoms in total. The molecule has 2 rings (SSSR count). The van der Waals surface area contributed by atoms with Crippen LogP contribution in [0, 0.1) is 5.82 Å². The molecule has 0 aliphatic carbocycles. The summed E-state index contributed by atoms with van der Waals surface area (Å²) in [6.45, 7) is 7.80. The minimum Gasteiger partial charge on any atom is -0.478 e. The number of nitrogens with two attached hydrogens (primary N) is 1. The van der Waals surface area contributed by atoms with E-state index in [-0.39, 0.29) is 22.8 Å². The summed E-state index contributed by atoms with van der Waals surface area (Å²) in [6.07, 6.45) is 2.92. The summed E-state index contributed by atoms with van der Waals surface area (Å²) in [4.78, 5) is 15.4. The second kappa shape index (κ2) is 9.29. The summed E-state index contributed by atoms with van der Waals surface area (Å²) in [7, 11) is 0. The van der Waals surface area contributed by atoms with Crippen molar-refractivity contribution in [1.29, 1.82) is 0 Å². The van der Waals surface area contributed by atoms with Crippen molar-refractivity contribution in [2.75, 3.05) is 6.54 Å². The second-order valence-electron chi connectivity index (χ2n) is 6.75. The smallest absolute Gasteiger partial charge is 0.335 e. The molecule has 2 aromatic rings. The molecule has 9 heteroatoms. The van der Waals surface area contributed by atoms with E-state index in [9.17, 15) is 9.18 Å². The number of nitrogens with zero attached hydrogens (tertiary/aromatic N) is 3. The number of allylic oxidation sites excluding steroid dienone is 1. The number of nitrogens with one attached hydrogen (secondary N) is 1. The summed E-state index contributed by atoms with van der Waals surface area (Å²) < 4.78 is 14.1. The molecule has 0 spiro atoms. The molecular weight excluding hydrogens is 397 g/mol. The number of guanidine groups is 1. The van der Waals surface area contributed by atoms with Gasteiger partial charge in [0, 0.05) is 23.7 Å². The van der Waals surface area contributed by atoms with Crippen molar-refractivity contribution in [3.05, 3.63) is 76.8 Å². The Balaban J connectivity index is 2.19. The van der Waals surface area contributed by atoms with Gasteiger partial charge in [0.25, 0.3) is 0 Å². The fourth-order valence-corrected chi connectivity index (χ4v) is 2.86. The number of hydrogen-bond donors (Lipinski definition) is 3. The largest absolute Gasteiger partial charge is 0.478 e. The molecule has 1 heterocycles. The zero-order chi connectivity index (χ0) is 21.6. The van der Waals surface area contributed by atoms with Crippen LogP contribution in [0.5, 0.6) is 0 Å². The maximum atomic E-state index is 14.1. The van der Waals surface area contributed by atoms with Gasteiger partial charge in [-0.1, -0.05) is 32.0 Å². The summed E-state index contributed by atoms with van der Waals surface area (Å²) in [6, 6.07) is 6.86. The number of rotatable bonds is 7. The highest BCUT2D eigenvalue weighted by atomic mass is 35.5. The fourth-order valence-electron chi connectivity index (χ4n) is 2.48. The van der Waals surface area contributed by atoms with Gasteiger partial charge in [0.1, 0.15) is 5.82 Å². The Kier molecular flexibility index (Phi) is 7.06. The average molecular weight is 418 g/mol. The van der Waals surface area contributed by atoms with Crippen LogP contribution in [-0.2, 0) is 5.41 Å².